The molecule has 1 aromatic heterocycles. The van der Waals surface area contributed by atoms with Crippen LogP contribution in [-0.2, 0) is 0 Å². The van der Waals surface area contributed by atoms with E-state index in [1.165, 1.54) is 23.5 Å². The molecule has 0 radical (unpaired) electrons. The summed E-state index contributed by atoms with van der Waals surface area (Å²) in [4.78, 5) is 13.4. The molecule has 6 heteroatoms. The second kappa shape index (κ2) is 6.35. The van der Waals surface area contributed by atoms with Crippen LogP contribution in [0.1, 0.15) is 26.2 Å². The fourth-order valence-corrected chi connectivity index (χ4v) is 2.57. The zero-order valence-electron chi connectivity index (χ0n) is 10.7. The Labute approximate surface area is 125 Å². The molecule has 0 fully saturated rings. The second-order valence-corrected chi connectivity index (χ2v) is 6.00. The van der Waals surface area contributed by atoms with Crippen molar-refractivity contribution in [2.24, 2.45) is 0 Å². The normalized spacial score (nSPS) is 12.2. The molecule has 2 rings (SSSR count). The zero-order valence-corrected chi connectivity index (χ0v) is 12.3. The molecular formula is C14H13ClFNO2S. The molecule has 0 bridgehead atoms. The minimum absolute atomic E-state index is 0.000883. The van der Waals surface area contributed by atoms with Gasteiger partial charge in [-0.15, -0.1) is 11.3 Å². The maximum atomic E-state index is 13.3. The fourth-order valence-electron chi connectivity index (χ4n) is 1.67. The molecule has 20 heavy (non-hydrogen) atoms. The second-order valence-electron chi connectivity index (χ2n) is 4.31. The summed E-state index contributed by atoms with van der Waals surface area (Å²) < 4.78 is 13.3. The van der Waals surface area contributed by atoms with E-state index in [9.17, 15) is 14.3 Å². The van der Waals surface area contributed by atoms with E-state index in [4.69, 9.17) is 11.6 Å². The molecule has 1 aromatic carbocycles. The molecule has 0 aliphatic heterocycles. The third kappa shape index (κ3) is 3.56. The lowest BCUT2D eigenvalue weighted by atomic mass is 10.1. The van der Waals surface area contributed by atoms with Crippen molar-refractivity contribution >= 4 is 28.8 Å². The van der Waals surface area contributed by atoms with Crippen LogP contribution in [0.15, 0.2) is 30.3 Å². The van der Waals surface area contributed by atoms with Crippen molar-refractivity contribution in [2.45, 2.75) is 13.0 Å². The van der Waals surface area contributed by atoms with Gasteiger partial charge in [-0.1, -0.05) is 17.7 Å². The molecule has 0 saturated heterocycles. The lowest BCUT2D eigenvalue weighted by molar-refractivity contribution is 0.0920. The first kappa shape index (κ1) is 15.0. The third-order valence-electron chi connectivity index (χ3n) is 2.75. The Morgan fingerprint density at radius 2 is 2.20 bits per heavy atom. The number of benzene rings is 1. The molecule has 1 heterocycles. The Bertz CT molecular complexity index is 629. The minimum Gasteiger partial charge on any atom is -0.387 e. The summed E-state index contributed by atoms with van der Waals surface area (Å²) in [6.45, 7) is 1.92. The van der Waals surface area contributed by atoms with E-state index in [1.54, 1.807) is 6.07 Å². The summed E-state index contributed by atoms with van der Waals surface area (Å²) in [5, 5.41) is 12.5. The minimum atomic E-state index is -0.980. The molecule has 106 valence electrons. The van der Waals surface area contributed by atoms with Crippen LogP contribution in [-0.4, -0.2) is 17.6 Å². The molecule has 2 N–H and O–H groups in total. The first-order chi connectivity index (χ1) is 9.47. The highest BCUT2D eigenvalue weighted by Crippen LogP contribution is 2.20. The average Bonchev–Trinajstić information content (AvgIpc) is 2.85. The molecular weight excluding hydrogens is 301 g/mol. The van der Waals surface area contributed by atoms with Crippen LogP contribution < -0.4 is 5.32 Å². The standard InChI is InChI=1S/C14H13ClFNO2S/c1-8-2-5-13(20-8)14(19)17-7-12(18)9-3-4-10(15)11(16)6-9/h2-6,12,18H,7H2,1H3,(H,17,19). The number of aliphatic hydroxyl groups is 1. The lowest BCUT2D eigenvalue weighted by Crippen LogP contribution is -2.27. The molecule has 0 aliphatic rings. The number of hydrogen-bond acceptors (Lipinski definition) is 3. The van der Waals surface area contributed by atoms with E-state index in [2.05, 4.69) is 5.32 Å². The van der Waals surface area contributed by atoms with Crippen molar-refractivity contribution in [3.8, 4) is 0 Å². The zero-order chi connectivity index (χ0) is 14.7. The maximum Gasteiger partial charge on any atom is 0.261 e. The predicted molar refractivity (Wildman–Crippen MR) is 77.8 cm³/mol. The summed E-state index contributed by atoms with van der Waals surface area (Å²) >= 11 is 6.95. The molecule has 1 amide bonds. The van der Waals surface area contributed by atoms with E-state index >= 15 is 0 Å². The number of thiophene rings is 1. The molecule has 1 unspecified atom stereocenters. The maximum absolute atomic E-state index is 13.3. The van der Waals surface area contributed by atoms with E-state index < -0.39 is 11.9 Å². The van der Waals surface area contributed by atoms with Crippen LogP contribution in [0.2, 0.25) is 5.02 Å². The van der Waals surface area contributed by atoms with Crippen molar-refractivity contribution in [1.29, 1.82) is 0 Å². The van der Waals surface area contributed by atoms with Crippen LogP contribution in [0.3, 0.4) is 0 Å². The number of nitrogens with one attached hydrogen (secondary N) is 1. The van der Waals surface area contributed by atoms with E-state index in [1.807, 2.05) is 13.0 Å². The Balaban J connectivity index is 1.96. The highest BCUT2D eigenvalue weighted by atomic mass is 35.5. The predicted octanol–water partition coefficient (Wildman–Crippen LogP) is 3.31. The number of rotatable bonds is 4. The van der Waals surface area contributed by atoms with Gasteiger partial charge in [0.15, 0.2) is 0 Å². The number of amides is 1. The summed E-state index contributed by atoms with van der Waals surface area (Å²) in [5.74, 6) is -0.847. The van der Waals surface area contributed by atoms with Gasteiger partial charge in [-0.2, -0.15) is 0 Å². The summed E-state index contributed by atoms with van der Waals surface area (Å²) in [7, 11) is 0. The van der Waals surface area contributed by atoms with Gasteiger partial charge in [0.2, 0.25) is 0 Å². The highest BCUT2D eigenvalue weighted by Gasteiger charge is 2.13. The summed E-state index contributed by atoms with van der Waals surface area (Å²) in [6, 6.07) is 7.64. The van der Waals surface area contributed by atoms with Crippen molar-refractivity contribution in [3.05, 3.63) is 56.5 Å². The van der Waals surface area contributed by atoms with Crippen LogP contribution in [0.4, 0.5) is 4.39 Å². The Hall–Kier alpha value is -1.43. The smallest absolute Gasteiger partial charge is 0.261 e. The lowest BCUT2D eigenvalue weighted by Gasteiger charge is -2.12. The van der Waals surface area contributed by atoms with Gasteiger partial charge in [-0.05, 0) is 36.8 Å². The van der Waals surface area contributed by atoms with Gasteiger partial charge in [0.05, 0.1) is 16.0 Å². The van der Waals surface area contributed by atoms with Gasteiger partial charge >= 0.3 is 0 Å². The van der Waals surface area contributed by atoms with Crippen LogP contribution in [0.25, 0.3) is 0 Å². The Morgan fingerprint density at radius 1 is 1.45 bits per heavy atom. The first-order valence-electron chi connectivity index (χ1n) is 5.95. The Morgan fingerprint density at radius 3 is 2.80 bits per heavy atom. The van der Waals surface area contributed by atoms with Gasteiger partial charge in [0, 0.05) is 11.4 Å². The van der Waals surface area contributed by atoms with Crippen LogP contribution >= 0.6 is 22.9 Å². The quantitative estimate of drug-likeness (QED) is 0.910. The van der Waals surface area contributed by atoms with Gasteiger partial charge < -0.3 is 10.4 Å². The van der Waals surface area contributed by atoms with Crippen LogP contribution in [0.5, 0.6) is 0 Å². The number of aliphatic hydroxyl groups excluding tert-OH is 1. The monoisotopic (exact) mass is 313 g/mol. The van der Waals surface area contributed by atoms with E-state index in [0.29, 0.717) is 10.4 Å². The number of halogens is 2. The average molecular weight is 314 g/mol. The van der Waals surface area contributed by atoms with Crippen LogP contribution in [0, 0.1) is 12.7 Å². The summed E-state index contributed by atoms with van der Waals surface area (Å²) in [5.41, 5.74) is 0.370. The first-order valence-corrected chi connectivity index (χ1v) is 7.14. The molecule has 2 aromatic rings. The molecule has 3 nitrogen and oxygen atoms in total. The van der Waals surface area contributed by atoms with Gasteiger partial charge in [0.1, 0.15) is 5.82 Å². The summed E-state index contributed by atoms with van der Waals surface area (Å²) in [6.07, 6.45) is -0.980. The fraction of sp³-hybridized carbons (Fsp3) is 0.214. The van der Waals surface area contributed by atoms with Crippen molar-refractivity contribution in [2.75, 3.05) is 6.54 Å². The topological polar surface area (TPSA) is 49.3 Å². The van der Waals surface area contributed by atoms with Gasteiger partial charge in [0.25, 0.3) is 5.91 Å². The van der Waals surface area contributed by atoms with E-state index in [-0.39, 0.29) is 17.5 Å². The molecule has 0 aliphatic carbocycles. The highest BCUT2D eigenvalue weighted by molar-refractivity contribution is 7.13. The van der Waals surface area contributed by atoms with E-state index in [0.717, 1.165) is 10.9 Å². The molecule has 0 saturated carbocycles. The molecule has 0 spiro atoms. The Kier molecular flexibility index (Phi) is 4.75. The van der Waals surface area contributed by atoms with Crippen molar-refractivity contribution in [1.82, 2.24) is 5.32 Å². The number of aryl methyl sites for hydroxylation is 1. The largest absolute Gasteiger partial charge is 0.387 e. The number of carbonyl (C=O) groups excluding carboxylic acids is 1. The van der Waals surface area contributed by atoms with Gasteiger partial charge in [-0.25, -0.2) is 4.39 Å². The molecule has 1 atom stereocenters. The van der Waals surface area contributed by atoms with Crippen molar-refractivity contribution < 1.29 is 14.3 Å². The van der Waals surface area contributed by atoms with Crippen molar-refractivity contribution in [3.63, 3.8) is 0 Å². The number of carbonyl (C=O) groups is 1. The third-order valence-corrected chi connectivity index (χ3v) is 4.05. The van der Waals surface area contributed by atoms with Gasteiger partial charge in [-0.3, -0.25) is 4.79 Å². The number of hydrogen-bond donors (Lipinski definition) is 2. The SMILES string of the molecule is Cc1ccc(C(=O)NCC(O)c2ccc(Cl)c(F)c2)s1.